The monoisotopic (exact) mass is 465 g/mol. The lowest BCUT2D eigenvalue weighted by Crippen LogP contribution is -2.44. The predicted octanol–water partition coefficient (Wildman–Crippen LogP) is 3.21. The smallest absolute Gasteiger partial charge is 0.281 e. The molecule has 9 heteroatoms. The summed E-state index contributed by atoms with van der Waals surface area (Å²) in [4.78, 5) is 20.2. The molecule has 0 bridgehead atoms. The van der Waals surface area contributed by atoms with Crippen LogP contribution in [-0.4, -0.2) is 67.8 Å². The molecule has 0 N–H and O–H groups in total. The number of carbonyl (C=O) groups is 1. The molecule has 35 heavy (non-hydrogen) atoms. The average molecular weight is 466 g/mol. The van der Waals surface area contributed by atoms with Crippen molar-refractivity contribution in [3.8, 4) is 0 Å². The molecule has 0 unspecified atom stereocenters. The maximum absolute atomic E-state index is 13.6. The van der Waals surface area contributed by atoms with E-state index in [1.54, 1.807) is 16.9 Å². The van der Waals surface area contributed by atoms with Crippen LogP contribution in [0.4, 0.5) is 0 Å². The second-order valence-electron chi connectivity index (χ2n) is 8.33. The van der Waals surface area contributed by atoms with E-state index in [1.807, 2.05) is 64.2 Å². The Labute approximate surface area is 201 Å². The fourth-order valence-corrected chi connectivity index (χ4v) is 4.36. The minimum absolute atomic E-state index is 0.351. The summed E-state index contributed by atoms with van der Waals surface area (Å²) in [6.07, 6.45) is 1.74. The van der Waals surface area contributed by atoms with Gasteiger partial charge in [-0.05, 0) is 29.8 Å². The van der Waals surface area contributed by atoms with E-state index >= 15 is 0 Å². The van der Waals surface area contributed by atoms with Crippen molar-refractivity contribution in [2.45, 2.75) is 6.54 Å². The molecule has 1 amide bonds. The molecule has 3 aromatic carbocycles. The van der Waals surface area contributed by atoms with Gasteiger partial charge in [0.25, 0.3) is 5.91 Å². The Bertz CT molecular complexity index is 1530. The molecule has 174 valence electrons. The van der Waals surface area contributed by atoms with Gasteiger partial charge >= 0.3 is 0 Å². The molecule has 0 spiro atoms. The van der Waals surface area contributed by atoms with Gasteiger partial charge in [-0.1, -0.05) is 53.7 Å². The molecule has 0 atom stereocenters. The molecule has 0 saturated carbocycles. The lowest BCUT2D eigenvalue weighted by Gasteiger charge is -2.29. The number of ether oxygens (including phenoxy) is 1. The Kier molecular flexibility index (Phi) is 5.51. The zero-order valence-electron chi connectivity index (χ0n) is 19.0. The third-order valence-corrected chi connectivity index (χ3v) is 6.13. The molecule has 6 rings (SSSR count). The van der Waals surface area contributed by atoms with Gasteiger partial charge in [-0.25, -0.2) is 0 Å². The van der Waals surface area contributed by atoms with Crippen LogP contribution in [0.1, 0.15) is 15.9 Å². The van der Waals surface area contributed by atoms with Crippen LogP contribution in [0.25, 0.3) is 21.9 Å². The molecule has 0 radical (unpaired) electrons. The molecule has 9 nitrogen and oxygen atoms in total. The van der Waals surface area contributed by atoms with E-state index in [2.05, 4.69) is 32.5 Å². The van der Waals surface area contributed by atoms with Crippen LogP contribution < -0.4 is 0 Å². The molecule has 1 saturated heterocycles. The average Bonchev–Trinajstić information content (AvgIpc) is 3.53. The Balaban J connectivity index is 1.41. The number of nitrogens with zero attached hydrogens (tertiary/aromatic N) is 7. The second-order valence-corrected chi connectivity index (χ2v) is 8.33. The number of para-hydroxylation sites is 1. The maximum Gasteiger partial charge on any atom is 0.281 e. The Morgan fingerprint density at radius 1 is 0.914 bits per heavy atom. The highest BCUT2D eigenvalue weighted by atomic mass is 16.5. The molecular weight excluding hydrogens is 442 g/mol. The number of hydrogen-bond donors (Lipinski definition) is 0. The van der Waals surface area contributed by atoms with Gasteiger partial charge < -0.3 is 9.64 Å². The molecule has 5 aromatic rings. The van der Waals surface area contributed by atoms with E-state index in [1.165, 1.54) is 0 Å². The summed E-state index contributed by atoms with van der Waals surface area (Å²) in [5.41, 5.74) is 4.05. The van der Waals surface area contributed by atoms with E-state index < -0.39 is 0 Å². The summed E-state index contributed by atoms with van der Waals surface area (Å²) < 4.78 is 9.05. The summed E-state index contributed by atoms with van der Waals surface area (Å²) in [7, 11) is 0. The van der Waals surface area contributed by atoms with Crippen LogP contribution in [0, 0.1) is 0 Å². The molecule has 1 aliphatic rings. The number of hydrogen-bond acceptors (Lipinski definition) is 5. The quantitative estimate of drug-likeness (QED) is 0.300. The Hall–Kier alpha value is -4.37. The van der Waals surface area contributed by atoms with Gasteiger partial charge in [0.2, 0.25) is 5.96 Å². The van der Waals surface area contributed by atoms with Crippen molar-refractivity contribution in [3.05, 3.63) is 90.1 Å². The van der Waals surface area contributed by atoms with Gasteiger partial charge in [0, 0.05) is 18.5 Å². The number of aliphatic imine (C=N–C) groups is 1. The fourth-order valence-electron chi connectivity index (χ4n) is 4.36. The summed E-state index contributed by atoms with van der Waals surface area (Å²) in [5, 5.41) is 13.9. The van der Waals surface area contributed by atoms with Crippen molar-refractivity contribution in [3.63, 3.8) is 0 Å². The molecule has 2 aromatic heterocycles. The normalized spacial score (nSPS) is 14.6. The zero-order chi connectivity index (χ0) is 23.6. The minimum Gasteiger partial charge on any atom is -0.378 e. The third kappa shape index (κ3) is 4.06. The van der Waals surface area contributed by atoms with Crippen molar-refractivity contribution in [1.82, 2.24) is 29.7 Å². The fraction of sp³-hybridized carbons (Fsp3) is 0.192. The first-order chi connectivity index (χ1) is 17.3. The zero-order valence-corrected chi connectivity index (χ0v) is 19.0. The second kappa shape index (κ2) is 9.11. The number of fused-ring (bicyclic) bond motifs is 2. The van der Waals surface area contributed by atoms with Crippen molar-refractivity contribution in [1.29, 1.82) is 0 Å². The number of carbonyl (C=O) groups excluding carboxylic acids is 1. The van der Waals surface area contributed by atoms with Crippen molar-refractivity contribution < 1.29 is 9.53 Å². The van der Waals surface area contributed by atoms with E-state index in [4.69, 9.17) is 4.74 Å². The van der Waals surface area contributed by atoms with E-state index in [0.717, 1.165) is 27.5 Å². The lowest BCUT2D eigenvalue weighted by atomic mass is 10.1. The van der Waals surface area contributed by atoms with Crippen LogP contribution >= 0.6 is 0 Å². The highest BCUT2D eigenvalue weighted by molar-refractivity contribution is 6.11. The van der Waals surface area contributed by atoms with Crippen molar-refractivity contribution >= 4 is 33.8 Å². The summed E-state index contributed by atoms with van der Waals surface area (Å²) in [6.45, 7) is 2.96. The van der Waals surface area contributed by atoms with Gasteiger partial charge in [-0.2, -0.15) is 14.8 Å². The number of rotatable bonds is 3. The first-order valence-corrected chi connectivity index (χ1v) is 11.5. The van der Waals surface area contributed by atoms with E-state index in [-0.39, 0.29) is 5.91 Å². The summed E-state index contributed by atoms with van der Waals surface area (Å²) >= 11 is 0. The highest BCUT2D eigenvalue weighted by Gasteiger charge is 2.23. The molecule has 3 heterocycles. The summed E-state index contributed by atoms with van der Waals surface area (Å²) in [5.74, 6) is 0.0941. The predicted molar refractivity (Wildman–Crippen MR) is 132 cm³/mol. The van der Waals surface area contributed by atoms with Crippen LogP contribution in [0.2, 0.25) is 0 Å². The lowest BCUT2D eigenvalue weighted by molar-refractivity contribution is 0.0660. The highest BCUT2D eigenvalue weighted by Crippen LogP contribution is 2.21. The SMILES string of the molecule is O=C(N=C(N1CCOCC1)n1nnc2ccccc21)c1cccc2c1cnn2Cc1ccccc1. The first-order valence-electron chi connectivity index (χ1n) is 11.5. The van der Waals surface area contributed by atoms with Gasteiger partial charge in [-0.3, -0.25) is 9.48 Å². The topological polar surface area (TPSA) is 90.4 Å². The minimum atomic E-state index is -0.351. The molecule has 1 fully saturated rings. The van der Waals surface area contributed by atoms with Crippen LogP contribution in [0.5, 0.6) is 0 Å². The Morgan fingerprint density at radius 3 is 2.54 bits per heavy atom. The largest absolute Gasteiger partial charge is 0.378 e. The van der Waals surface area contributed by atoms with Gasteiger partial charge in [0.1, 0.15) is 5.52 Å². The maximum atomic E-state index is 13.6. The van der Waals surface area contributed by atoms with Gasteiger partial charge in [-0.15, -0.1) is 5.10 Å². The van der Waals surface area contributed by atoms with E-state index in [9.17, 15) is 4.79 Å². The third-order valence-electron chi connectivity index (χ3n) is 6.13. The van der Waals surface area contributed by atoms with Gasteiger partial charge in [0.05, 0.1) is 42.6 Å². The first kappa shape index (κ1) is 21.2. The number of amides is 1. The Morgan fingerprint density at radius 2 is 1.69 bits per heavy atom. The molecule has 0 aliphatic carbocycles. The van der Waals surface area contributed by atoms with Crippen molar-refractivity contribution in [2.75, 3.05) is 26.3 Å². The van der Waals surface area contributed by atoms with E-state index in [0.29, 0.717) is 44.4 Å². The molecular formula is C26H23N7O2. The molecule has 1 aliphatic heterocycles. The van der Waals surface area contributed by atoms with Gasteiger partial charge in [0.15, 0.2) is 0 Å². The van der Waals surface area contributed by atoms with Crippen molar-refractivity contribution in [2.24, 2.45) is 4.99 Å². The number of morpholine rings is 1. The van der Waals surface area contributed by atoms with Crippen LogP contribution in [0.15, 0.2) is 84.0 Å². The van der Waals surface area contributed by atoms with Crippen LogP contribution in [-0.2, 0) is 11.3 Å². The number of aromatic nitrogens is 5. The van der Waals surface area contributed by atoms with Crippen LogP contribution in [0.3, 0.4) is 0 Å². The standard InChI is InChI=1S/C26H23N7O2/c34-25(20-9-6-12-23-21(20)17-27-32(23)18-19-7-2-1-3-8-19)28-26(31-13-15-35-16-14-31)33-24-11-5-4-10-22(24)29-30-33/h1-12,17H,13-16,18H2. The number of benzene rings is 3. The summed E-state index contributed by atoms with van der Waals surface area (Å²) in [6, 6.07) is 23.4.